The molecule has 0 saturated carbocycles. The molecule has 0 saturated heterocycles. The molecular weight excluding hydrogens is 202 g/mol. The first-order valence-electron chi connectivity index (χ1n) is 5.52. The molecule has 0 aliphatic rings. The normalized spacial score (nSPS) is 10.9. The summed E-state index contributed by atoms with van der Waals surface area (Å²) in [5.41, 5.74) is 3.65. The topological polar surface area (TPSA) is 32.7 Å². The zero-order chi connectivity index (χ0) is 12.1. The fraction of sp³-hybridized carbons (Fsp3) is 0.538. The second-order valence-corrected chi connectivity index (χ2v) is 4.22. The Balaban J connectivity index is 2.93. The first-order valence-corrected chi connectivity index (χ1v) is 5.52. The maximum Gasteiger partial charge on any atom is 0.123 e. The Kier molecular flexibility index (Phi) is 4.77. The van der Waals surface area contributed by atoms with Gasteiger partial charge >= 0.3 is 0 Å². The molecule has 1 N–H and O–H groups in total. The fourth-order valence-electron chi connectivity index (χ4n) is 1.86. The lowest BCUT2D eigenvalue weighted by atomic mass is 10.0. The standard InChI is InChI=1S/C13H21NO2/c1-10-7-11(2)12(13(8-10)16-4)9-14(3)5-6-15/h7-8,15H,5-6,9H2,1-4H3. The van der Waals surface area contributed by atoms with Crippen molar-refractivity contribution in [2.24, 2.45) is 0 Å². The second kappa shape index (κ2) is 5.87. The van der Waals surface area contributed by atoms with Crippen molar-refractivity contribution >= 4 is 0 Å². The van der Waals surface area contributed by atoms with Crippen molar-refractivity contribution in [2.75, 3.05) is 27.3 Å². The number of rotatable bonds is 5. The number of benzene rings is 1. The van der Waals surface area contributed by atoms with E-state index in [0.29, 0.717) is 6.54 Å². The zero-order valence-electron chi connectivity index (χ0n) is 10.6. The van der Waals surface area contributed by atoms with Gasteiger partial charge < -0.3 is 9.84 Å². The largest absolute Gasteiger partial charge is 0.496 e. The van der Waals surface area contributed by atoms with Crippen LogP contribution < -0.4 is 4.74 Å². The van der Waals surface area contributed by atoms with E-state index in [4.69, 9.17) is 9.84 Å². The van der Waals surface area contributed by atoms with Crippen molar-refractivity contribution in [1.82, 2.24) is 4.90 Å². The Morgan fingerprint density at radius 3 is 2.56 bits per heavy atom. The monoisotopic (exact) mass is 223 g/mol. The van der Waals surface area contributed by atoms with Crippen LogP contribution in [0.15, 0.2) is 12.1 Å². The van der Waals surface area contributed by atoms with Gasteiger partial charge in [0.05, 0.1) is 13.7 Å². The van der Waals surface area contributed by atoms with Crippen LogP contribution in [0.4, 0.5) is 0 Å². The highest BCUT2D eigenvalue weighted by Crippen LogP contribution is 2.25. The van der Waals surface area contributed by atoms with Gasteiger partial charge in [0.1, 0.15) is 5.75 Å². The average molecular weight is 223 g/mol. The molecule has 0 spiro atoms. The van der Waals surface area contributed by atoms with E-state index in [-0.39, 0.29) is 6.61 Å². The quantitative estimate of drug-likeness (QED) is 0.825. The Morgan fingerprint density at radius 2 is 2.00 bits per heavy atom. The molecule has 0 radical (unpaired) electrons. The van der Waals surface area contributed by atoms with E-state index < -0.39 is 0 Å². The molecule has 1 aromatic carbocycles. The van der Waals surface area contributed by atoms with E-state index in [0.717, 1.165) is 12.3 Å². The smallest absolute Gasteiger partial charge is 0.123 e. The number of ether oxygens (including phenoxy) is 1. The molecule has 0 bridgehead atoms. The molecule has 1 aromatic rings. The van der Waals surface area contributed by atoms with E-state index in [9.17, 15) is 0 Å². The van der Waals surface area contributed by atoms with Gasteiger partial charge in [-0.25, -0.2) is 0 Å². The first-order chi connectivity index (χ1) is 7.58. The van der Waals surface area contributed by atoms with Crippen LogP contribution in [0.5, 0.6) is 5.75 Å². The Labute approximate surface area is 97.7 Å². The van der Waals surface area contributed by atoms with Gasteiger partial charge in [-0.3, -0.25) is 4.90 Å². The van der Waals surface area contributed by atoms with Crippen LogP contribution >= 0.6 is 0 Å². The Bertz CT molecular complexity index is 350. The predicted molar refractivity (Wildman–Crippen MR) is 65.9 cm³/mol. The van der Waals surface area contributed by atoms with Crippen molar-refractivity contribution in [3.05, 3.63) is 28.8 Å². The molecule has 0 fully saturated rings. The van der Waals surface area contributed by atoms with Crippen molar-refractivity contribution in [1.29, 1.82) is 0 Å². The van der Waals surface area contributed by atoms with E-state index >= 15 is 0 Å². The van der Waals surface area contributed by atoms with Gasteiger partial charge in [0.15, 0.2) is 0 Å². The van der Waals surface area contributed by atoms with Crippen molar-refractivity contribution in [2.45, 2.75) is 20.4 Å². The number of aliphatic hydroxyl groups excluding tert-OH is 1. The summed E-state index contributed by atoms with van der Waals surface area (Å²) in [4.78, 5) is 2.08. The van der Waals surface area contributed by atoms with Crippen LogP contribution in [-0.4, -0.2) is 37.3 Å². The summed E-state index contributed by atoms with van der Waals surface area (Å²) in [6.45, 7) is 5.82. The van der Waals surface area contributed by atoms with Gasteiger partial charge in [-0.1, -0.05) is 6.07 Å². The number of hydrogen-bond donors (Lipinski definition) is 1. The summed E-state index contributed by atoms with van der Waals surface area (Å²) >= 11 is 0. The lowest BCUT2D eigenvalue weighted by molar-refractivity contribution is 0.215. The molecule has 3 heteroatoms. The minimum absolute atomic E-state index is 0.184. The van der Waals surface area contributed by atoms with E-state index in [1.165, 1.54) is 16.7 Å². The molecule has 1 rings (SSSR count). The molecule has 0 aromatic heterocycles. The highest BCUT2D eigenvalue weighted by Gasteiger charge is 2.09. The van der Waals surface area contributed by atoms with Gasteiger partial charge in [0.2, 0.25) is 0 Å². The maximum absolute atomic E-state index is 8.88. The van der Waals surface area contributed by atoms with Gasteiger partial charge in [-0.15, -0.1) is 0 Å². The number of aliphatic hydroxyl groups is 1. The van der Waals surface area contributed by atoms with Gasteiger partial charge in [-0.05, 0) is 38.1 Å². The van der Waals surface area contributed by atoms with Gasteiger partial charge in [0.25, 0.3) is 0 Å². The SMILES string of the molecule is COc1cc(C)cc(C)c1CN(C)CCO. The van der Waals surface area contributed by atoms with Crippen LogP contribution in [-0.2, 0) is 6.54 Å². The molecule has 16 heavy (non-hydrogen) atoms. The third-order valence-electron chi connectivity index (χ3n) is 2.71. The minimum Gasteiger partial charge on any atom is -0.496 e. The summed E-state index contributed by atoms with van der Waals surface area (Å²) in [7, 11) is 3.69. The van der Waals surface area contributed by atoms with Crippen molar-refractivity contribution in [3.63, 3.8) is 0 Å². The van der Waals surface area contributed by atoms with Crippen LogP contribution in [0.1, 0.15) is 16.7 Å². The molecule has 0 amide bonds. The highest BCUT2D eigenvalue weighted by atomic mass is 16.5. The summed E-state index contributed by atoms with van der Waals surface area (Å²) in [6, 6.07) is 4.21. The second-order valence-electron chi connectivity index (χ2n) is 4.22. The number of nitrogens with zero attached hydrogens (tertiary/aromatic N) is 1. The Hall–Kier alpha value is -1.06. The molecular formula is C13H21NO2. The zero-order valence-corrected chi connectivity index (χ0v) is 10.6. The van der Waals surface area contributed by atoms with E-state index in [1.54, 1.807) is 7.11 Å². The molecule has 0 aliphatic carbocycles. The average Bonchev–Trinajstić information content (AvgIpc) is 2.22. The van der Waals surface area contributed by atoms with Crippen LogP contribution in [0.3, 0.4) is 0 Å². The molecule has 90 valence electrons. The lowest BCUT2D eigenvalue weighted by Crippen LogP contribution is -2.22. The van der Waals surface area contributed by atoms with E-state index in [2.05, 4.69) is 30.9 Å². The van der Waals surface area contributed by atoms with E-state index in [1.807, 2.05) is 7.05 Å². The fourth-order valence-corrected chi connectivity index (χ4v) is 1.86. The number of aryl methyl sites for hydroxylation is 2. The Morgan fingerprint density at radius 1 is 1.31 bits per heavy atom. The van der Waals surface area contributed by atoms with Crippen molar-refractivity contribution in [3.8, 4) is 5.75 Å². The number of hydrogen-bond acceptors (Lipinski definition) is 3. The van der Waals surface area contributed by atoms with Gasteiger partial charge in [-0.2, -0.15) is 0 Å². The predicted octanol–water partition coefficient (Wildman–Crippen LogP) is 1.74. The van der Waals surface area contributed by atoms with Crippen LogP contribution in [0.2, 0.25) is 0 Å². The molecule has 0 heterocycles. The third-order valence-corrected chi connectivity index (χ3v) is 2.71. The highest BCUT2D eigenvalue weighted by molar-refractivity contribution is 5.42. The third kappa shape index (κ3) is 3.22. The number of likely N-dealkylation sites (N-methyl/N-ethyl adjacent to an activating group) is 1. The lowest BCUT2D eigenvalue weighted by Gasteiger charge is -2.19. The summed E-state index contributed by atoms with van der Waals surface area (Å²) in [5, 5.41) is 8.88. The molecule has 3 nitrogen and oxygen atoms in total. The minimum atomic E-state index is 0.184. The summed E-state index contributed by atoms with van der Waals surface area (Å²) in [6.07, 6.45) is 0. The summed E-state index contributed by atoms with van der Waals surface area (Å²) < 4.78 is 5.40. The van der Waals surface area contributed by atoms with Crippen LogP contribution in [0, 0.1) is 13.8 Å². The molecule has 0 aliphatic heterocycles. The number of methoxy groups -OCH3 is 1. The summed E-state index contributed by atoms with van der Waals surface area (Å²) in [5.74, 6) is 0.933. The first kappa shape index (κ1) is 13.0. The molecule has 0 unspecified atom stereocenters. The van der Waals surface area contributed by atoms with Crippen molar-refractivity contribution < 1.29 is 9.84 Å². The maximum atomic E-state index is 8.88. The van der Waals surface area contributed by atoms with Gasteiger partial charge in [0, 0.05) is 18.7 Å². The molecule has 0 atom stereocenters. The van der Waals surface area contributed by atoms with Crippen LogP contribution in [0.25, 0.3) is 0 Å².